The lowest BCUT2D eigenvalue weighted by Crippen LogP contribution is -2.29. The lowest BCUT2D eigenvalue weighted by molar-refractivity contribution is -0.122. The third-order valence-electron chi connectivity index (χ3n) is 4.43. The van der Waals surface area contributed by atoms with E-state index in [0.29, 0.717) is 46.6 Å². The first-order chi connectivity index (χ1) is 14.0. The van der Waals surface area contributed by atoms with Gasteiger partial charge in [-0.15, -0.1) is 0 Å². The van der Waals surface area contributed by atoms with Crippen molar-refractivity contribution in [2.75, 3.05) is 20.3 Å². The van der Waals surface area contributed by atoms with Crippen LogP contribution in [0.3, 0.4) is 0 Å². The summed E-state index contributed by atoms with van der Waals surface area (Å²) < 4.78 is 10.8. The topological polar surface area (TPSA) is 55.8 Å². The van der Waals surface area contributed by atoms with Crippen LogP contribution in [0.1, 0.15) is 24.5 Å². The minimum Gasteiger partial charge on any atom is -0.493 e. The standard InChI is InChI=1S/C22H22ClNO4S/c1-3-28-19-14-17(23)16(12-18(19)27-2)13-20-21(25)24(22(26)29-20)11-7-10-15-8-5-4-6-9-15/h4-6,8-9,12-14H,3,7,10-11H2,1-2H3/b20-13+. The molecule has 1 heterocycles. The Bertz CT molecular complexity index is 930. The van der Waals surface area contributed by atoms with E-state index in [-0.39, 0.29) is 11.1 Å². The van der Waals surface area contributed by atoms with Gasteiger partial charge in [-0.3, -0.25) is 14.5 Å². The van der Waals surface area contributed by atoms with E-state index in [1.165, 1.54) is 17.6 Å². The van der Waals surface area contributed by atoms with Gasteiger partial charge in [0, 0.05) is 12.6 Å². The number of benzene rings is 2. The summed E-state index contributed by atoms with van der Waals surface area (Å²) in [6.07, 6.45) is 3.15. The molecule has 29 heavy (non-hydrogen) atoms. The molecule has 0 bridgehead atoms. The van der Waals surface area contributed by atoms with Crippen LogP contribution in [0.15, 0.2) is 47.4 Å². The second-order valence-corrected chi connectivity index (χ2v) is 7.78. The number of carbonyl (C=O) groups excluding carboxylic acids is 2. The second kappa shape index (κ2) is 9.85. The zero-order valence-electron chi connectivity index (χ0n) is 16.3. The van der Waals surface area contributed by atoms with E-state index in [1.807, 2.05) is 37.3 Å². The zero-order chi connectivity index (χ0) is 20.8. The van der Waals surface area contributed by atoms with Gasteiger partial charge in [0.1, 0.15) is 0 Å². The number of amides is 2. The number of rotatable bonds is 8. The molecule has 0 saturated carbocycles. The Morgan fingerprint density at radius 3 is 2.59 bits per heavy atom. The molecule has 0 unspecified atom stereocenters. The van der Waals surface area contributed by atoms with Crippen LogP contribution < -0.4 is 9.47 Å². The molecule has 1 aliphatic heterocycles. The number of imide groups is 1. The Kier molecular flexibility index (Phi) is 7.23. The number of ether oxygens (including phenoxy) is 2. The average molecular weight is 432 g/mol. The summed E-state index contributed by atoms with van der Waals surface area (Å²) in [6, 6.07) is 13.4. The van der Waals surface area contributed by atoms with Crippen molar-refractivity contribution in [1.29, 1.82) is 0 Å². The molecule has 0 atom stereocenters. The molecule has 1 saturated heterocycles. The lowest BCUT2D eigenvalue weighted by atomic mass is 10.1. The summed E-state index contributed by atoms with van der Waals surface area (Å²) in [6.45, 7) is 2.74. The summed E-state index contributed by atoms with van der Waals surface area (Å²) in [5, 5.41) is 0.161. The van der Waals surface area contributed by atoms with Crippen LogP contribution in [-0.2, 0) is 11.2 Å². The Balaban J connectivity index is 1.72. The van der Waals surface area contributed by atoms with Crippen LogP contribution in [0.2, 0.25) is 5.02 Å². The molecular weight excluding hydrogens is 410 g/mol. The number of aryl methyl sites for hydroxylation is 1. The summed E-state index contributed by atoms with van der Waals surface area (Å²) in [5.41, 5.74) is 1.78. The molecule has 2 aromatic rings. The molecule has 0 radical (unpaired) electrons. The van der Waals surface area contributed by atoms with Gasteiger partial charge >= 0.3 is 0 Å². The third kappa shape index (κ3) is 5.14. The first kappa shape index (κ1) is 21.3. The molecule has 0 aromatic heterocycles. The molecule has 152 valence electrons. The maximum absolute atomic E-state index is 12.7. The SMILES string of the molecule is CCOc1cc(Cl)c(/C=C2/SC(=O)N(CCCc3ccccc3)C2=O)cc1OC. The average Bonchev–Trinajstić information content (AvgIpc) is 2.98. The number of nitrogens with zero attached hydrogens (tertiary/aromatic N) is 1. The summed E-state index contributed by atoms with van der Waals surface area (Å²) >= 11 is 7.27. The van der Waals surface area contributed by atoms with E-state index in [0.717, 1.165) is 18.2 Å². The highest BCUT2D eigenvalue weighted by atomic mass is 35.5. The zero-order valence-corrected chi connectivity index (χ0v) is 17.9. The second-order valence-electron chi connectivity index (χ2n) is 6.38. The number of carbonyl (C=O) groups is 2. The van der Waals surface area contributed by atoms with Crippen molar-refractivity contribution < 1.29 is 19.1 Å². The predicted octanol–water partition coefficient (Wildman–Crippen LogP) is 5.42. The Morgan fingerprint density at radius 1 is 1.14 bits per heavy atom. The summed E-state index contributed by atoms with van der Waals surface area (Å²) in [5.74, 6) is 0.757. The van der Waals surface area contributed by atoms with Gasteiger partial charge in [-0.1, -0.05) is 41.9 Å². The highest BCUT2D eigenvalue weighted by molar-refractivity contribution is 8.18. The molecule has 0 aliphatic carbocycles. The maximum atomic E-state index is 12.7. The van der Waals surface area contributed by atoms with Crippen molar-refractivity contribution in [2.45, 2.75) is 19.8 Å². The Morgan fingerprint density at radius 2 is 1.90 bits per heavy atom. The van der Waals surface area contributed by atoms with E-state index in [9.17, 15) is 9.59 Å². The van der Waals surface area contributed by atoms with Gasteiger partial charge in [0.25, 0.3) is 11.1 Å². The Hall–Kier alpha value is -2.44. The van der Waals surface area contributed by atoms with E-state index < -0.39 is 0 Å². The Labute approximate surface area is 179 Å². The van der Waals surface area contributed by atoms with Crippen molar-refractivity contribution in [3.8, 4) is 11.5 Å². The molecular formula is C22H22ClNO4S. The van der Waals surface area contributed by atoms with E-state index in [4.69, 9.17) is 21.1 Å². The first-order valence-corrected chi connectivity index (χ1v) is 10.5. The number of methoxy groups -OCH3 is 1. The largest absolute Gasteiger partial charge is 0.493 e. The quantitative estimate of drug-likeness (QED) is 0.522. The monoisotopic (exact) mass is 431 g/mol. The number of hydrogen-bond donors (Lipinski definition) is 0. The fourth-order valence-corrected chi connectivity index (χ4v) is 4.07. The number of thioether (sulfide) groups is 1. The maximum Gasteiger partial charge on any atom is 0.293 e. The van der Waals surface area contributed by atoms with Crippen molar-refractivity contribution in [2.24, 2.45) is 0 Å². The molecule has 0 N–H and O–H groups in total. The minimum atomic E-state index is -0.294. The van der Waals surface area contributed by atoms with Crippen molar-refractivity contribution in [1.82, 2.24) is 4.90 Å². The van der Waals surface area contributed by atoms with Crippen LogP contribution in [-0.4, -0.2) is 36.3 Å². The van der Waals surface area contributed by atoms with Gasteiger partial charge in [-0.25, -0.2) is 0 Å². The van der Waals surface area contributed by atoms with Crippen LogP contribution >= 0.6 is 23.4 Å². The molecule has 2 aromatic carbocycles. The van der Waals surface area contributed by atoms with Crippen LogP contribution in [0.25, 0.3) is 6.08 Å². The predicted molar refractivity (Wildman–Crippen MR) is 117 cm³/mol. The highest BCUT2D eigenvalue weighted by Gasteiger charge is 2.34. The summed E-state index contributed by atoms with van der Waals surface area (Å²) in [7, 11) is 1.54. The molecule has 5 nitrogen and oxygen atoms in total. The molecule has 3 rings (SSSR count). The molecule has 0 spiro atoms. The fraction of sp³-hybridized carbons (Fsp3) is 0.273. The van der Waals surface area contributed by atoms with Gasteiger partial charge in [0.2, 0.25) is 0 Å². The summed E-state index contributed by atoms with van der Waals surface area (Å²) in [4.78, 5) is 26.7. The lowest BCUT2D eigenvalue weighted by Gasteiger charge is -2.12. The molecule has 1 aliphatic rings. The first-order valence-electron chi connectivity index (χ1n) is 9.33. The van der Waals surface area contributed by atoms with Gasteiger partial charge in [0.05, 0.1) is 23.6 Å². The van der Waals surface area contributed by atoms with E-state index in [1.54, 1.807) is 18.2 Å². The van der Waals surface area contributed by atoms with Crippen LogP contribution in [0.5, 0.6) is 11.5 Å². The van der Waals surface area contributed by atoms with Crippen LogP contribution in [0.4, 0.5) is 4.79 Å². The number of hydrogen-bond acceptors (Lipinski definition) is 5. The minimum absolute atomic E-state index is 0.261. The molecule has 7 heteroatoms. The molecule has 2 amide bonds. The van der Waals surface area contributed by atoms with Crippen molar-refractivity contribution >= 4 is 40.6 Å². The third-order valence-corrected chi connectivity index (χ3v) is 5.67. The number of halogens is 1. The van der Waals surface area contributed by atoms with Gasteiger partial charge in [0.15, 0.2) is 11.5 Å². The van der Waals surface area contributed by atoms with E-state index in [2.05, 4.69) is 0 Å². The van der Waals surface area contributed by atoms with Crippen molar-refractivity contribution in [3.63, 3.8) is 0 Å². The molecule has 1 fully saturated rings. The fourth-order valence-electron chi connectivity index (χ4n) is 3.01. The van der Waals surface area contributed by atoms with Gasteiger partial charge < -0.3 is 9.47 Å². The van der Waals surface area contributed by atoms with Gasteiger partial charge in [-0.2, -0.15) is 0 Å². The van der Waals surface area contributed by atoms with Crippen molar-refractivity contribution in [3.05, 3.63) is 63.5 Å². The van der Waals surface area contributed by atoms with E-state index >= 15 is 0 Å². The normalized spacial score (nSPS) is 15.3. The van der Waals surface area contributed by atoms with Gasteiger partial charge in [-0.05, 0) is 54.8 Å². The van der Waals surface area contributed by atoms with Crippen LogP contribution in [0, 0.1) is 0 Å². The smallest absolute Gasteiger partial charge is 0.293 e. The highest BCUT2D eigenvalue weighted by Crippen LogP contribution is 2.38.